The predicted molar refractivity (Wildman–Crippen MR) is 124 cm³/mol. The number of H-pyrrole nitrogens is 1. The van der Waals surface area contributed by atoms with Crippen molar-refractivity contribution in [2.75, 3.05) is 18.4 Å². The molecule has 0 saturated carbocycles. The van der Waals surface area contributed by atoms with E-state index in [1.165, 1.54) is 43.9 Å². The number of fused-ring (bicyclic) bond motifs is 1. The highest BCUT2D eigenvalue weighted by Crippen LogP contribution is 2.21. The Hall–Kier alpha value is -2.71. The third kappa shape index (κ3) is 5.71. The van der Waals surface area contributed by atoms with Gasteiger partial charge in [-0.15, -0.1) is 11.3 Å². The Bertz CT molecular complexity index is 1040. The van der Waals surface area contributed by atoms with E-state index in [0.717, 1.165) is 41.8 Å². The number of benzene rings is 1. The lowest BCUT2D eigenvalue weighted by Crippen LogP contribution is -2.44. The van der Waals surface area contributed by atoms with Crippen LogP contribution >= 0.6 is 11.3 Å². The molecule has 1 fully saturated rings. The molecule has 0 aliphatic carbocycles. The van der Waals surface area contributed by atoms with Crippen molar-refractivity contribution in [3.8, 4) is 0 Å². The summed E-state index contributed by atoms with van der Waals surface area (Å²) in [6, 6.07) is 7.27. The lowest BCUT2D eigenvalue weighted by molar-refractivity contribution is -0.125. The minimum Gasteiger partial charge on any atom is -0.361 e. The van der Waals surface area contributed by atoms with Gasteiger partial charge < -0.3 is 15.6 Å². The van der Waals surface area contributed by atoms with E-state index in [9.17, 15) is 9.59 Å². The zero-order valence-electron chi connectivity index (χ0n) is 17.8. The maximum atomic E-state index is 13.0. The number of carbonyl (C=O) groups excluding carboxylic acids is 2. The average Bonchev–Trinajstić information content (AvgIpc) is 3.27. The molecule has 0 unspecified atom stereocenters. The van der Waals surface area contributed by atoms with Crippen LogP contribution < -0.4 is 10.6 Å². The summed E-state index contributed by atoms with van der Waals surface area (Å²) in [5.41, 5.74) is 2.98. The lowest BCUT2D eigenvalue weighted by atomic mass is 10.0. The molecule has 0 bridgehead atoms. The monoisotopic (exact) mass is 439 g/mol. The first-order valence-corrected chi connectivity index (χ1v) is 11.8. The second-order valence-corrected chi connectivity index (χ2v) is 9.00. The third-order valence-corrected chi connectivity index (χ3v) is 6.47. The summed E-state index contributed by atoms with van der Waals surface area (Å²) in [5.74, 6) is -0.489. The number of hydrogen-bond donors (Lipinski definition) is 3. The fourth-order valence-corrected chi connectivity index (χ4v) is 4.83. The molecule has 1 saturated heterocycles. The van der Waals surface area contributed by atoms with Gasteiger partial charge in [-0.3, -0.25) is 14.5 Å². The standard InChI is InChI=1S/C23H29N5O2S/c1-16(29)25-21(12-17-13-24-20-9-5-4-8-19(17)20)22(30)27-23-26-18(15-31-23)14-28-10-6-2-3-7-11-28/h4-5,8-9,13,15,21,24H,2-3,6-7,10-12,14H2,1H3,(H,25,29)(H,26,27,30)/t21-/m0/s1. The highest BCUT2D eigenvalue weighted by atomic mass is 32.1. The highest BCUT2D eigenvalue weighted by molar-refractivity contribution is 7.13. The number of likely N-dealkylation sites (tertiary alicyclic amines) is 1. The largest absolute Gasteiger partial charge is 0.361 e. The summed E-state index contributed by atoms with van der Waals surface area (Å²) < 4.78 is 0. The predicted octanol–water partition coefficient (Wildman–Crippen LogP) is 3.69. The Kier molecular flexibility index (Phi) is 6.99. The van der Waals surface area contributed by atoms with Crippen LogP contribution in [-0.4, -0.2) is 45.8 Å². The van der Waals surface area contributed by atoms with Crippen molar-refractivity contribution in [1.82, 2.24) is 20.2 Å². The molecular formula is C23H29N5O2S. The molecule has 0 spiro atoms. The lowest BCUT2D eigenvalue weighted by Gasteiger charge is -2.18. The van der Waals surface area contributed by atoms with Gasteiger partial charge in [-0.2, -0.15) is 0 Å². The van der Waals surface area contributed by atoms with Gasteiger partial charge >= 0.3 is 0 Å². The molecule has 7 nitrogen and oxygen atoms in total. The number of anilines is 1. The van der Waals surface area contributed by atoms with Gasteiger partial charge in [0.2, 0.25) is 11.8 Å². The Morgan fingerprint density at radius 2 is 1.97 bits per heavy atom. The minimum atomic E-state index is -0.672. The summed E-state index contributed by atoms with van der Waals surface area (Å²) in [4.78, 5) is 35.0. The molecule has 8 heteroatoms. The quantitative estimate of drug-likeness (QED) is 0.524. The zero-order valence-corrected chi connectivity index (χ0v) is 18.6. The van der Waals surface area contributed by atoms with Gasteiger partial charge in [0.05, 0.1) is 5.69 Å². The number of para-hydroxylation sites is 1. The van der Waals surface area contributed by atoms with E-state index < -0.39 is 6.04 Å². The van der Waals surface area contributed by atoms with Gasteiger partial charge in [0.25, 0.3) is 0 Å². The number of thiazole rings is 1. The van der Waals surface area contributed by atoms with Crippen LogP contribution in [0.1, 0.15) is 43.9 Å². The SMILES string of the molecule is CC(=O)N[C@@H](Cc1c[nH]c2ccccc12)C(=O)Nc1nc(CN2CCCCCC2)cs1. The van der Waals surface area contributed by atoms with E-state index in [4.69, 9.17) is 0 Å². The second kappa shape index (κ2) is 10.1. The van der Waals surface area contributed by atoms with Gasteiger partial charge in [0.1, 0.15) is 6.04 Å². The molecule has 0 radical (unpaired) electrons. The Balaban J connectivity index is 1.41. The van der Waals surface area contributed by atoms with E-state index in [1.54, 1.807) is 0 Å². The van der Waals surface area contributed by atoms with Crippen LogP contribution in [0.25, 0.3) is 10.9 Å². The molecule has 3 heterocycles. The number of aromatic nitrogens is 2. The van der Waals surface area contributed by atoms with E-state index >= 15 is 0 Å². The number of nitrogens with one attached hydrogen (secondary N) is 3. The number of amides is 2. The zero-order chi connectivity index (χ0) is 21.6. The topological polar surface area (TPSA) is 90.1 Å². The number of hydrogen-bond acceptors (Lipinski definition) is 5. The van der Waals surface area contributed by atoms with Crippen molar-refractivity contribution in [3.05, 3.63) is 47.1 Å². The smallest absolute Gasteiger partial charge is 0.249 e. The van der Waals surface area contributed by atoms with Crippen LogP contribution in [0.4, 0.5) is 5.13 Å². The van der Waals surface area contributed by atoms with Crippen molar-refractivity contribution < 1.29 is 9.59 Å². The molecule has 1 aliphatic rings. The normalized spacial score (nSPS) is 16.0. The first-order valence-electron chi connectivity index (χ1n) is 10.9. The van der Waals surface area contributed by atoms with Crippen LogP contribution in [-0.2, 0) is 22.6 Å². The summed E-state index contributed by atoms with van der Waals surface area (Å²) >= 11 is 1.43. The molecule has 2 aromatic heterocycles. The number of aromatic amines is 1. The number of nitrogens with zero attached hydrogens (tertiary/aromatic N) is 2. The molecule has 3 aromatic rings. The molecule has 3 N–H and O–H groups in total. The first-order chi connectivity index (χ1) is 15.1. The summed E-state index contributed by atoms with van der Waals surface area (Å²) in [7, 11) is 0. The van der Waals surface area contributed by atoms with E-state index in [1.807, 2.05) is 35.8 Å². The summed E-state index contributed by atoms with van der Waals surface area (Å²) in [5, 5.41) is 9.32. The molecule has 1 aromatic carbocycles. The molecular weight excluding hydrogens is 410 g/mol. The van der Waals surface area contributed by atoms with E-state index in [-0.39, 0.29) is 11.8 Å². The maximum absolute atomic E-state index is 13.0. The van der Waals surface area contributed by atoms with E-state index in [0.29, 0.717) is 11.6 Å². The van der Waals surface area contributed by atoms with Crippen molar-refractivity contribution in [3.63, 3.8) is 0 Å². The fraction of sp³-hybridized carbons (Fsp3) is 0.435. The van der Waals surface area contributed by atoms with Crippen molar-refractivity contribution in [2.24, 2.45) is 0 Å². The van der Waals surface area contributed by atoms with Crippen LogP contribution in [0.15, 0.2) is 35.8 Å². The van der Waals surface area contributed by atoms with Gasteiger partial charge in [0, 0.05) is 42.4 Å². The minimum absolute atomic E-state index is 0.235. The second-order valence-electron chi connectivity index (χ2n) is 8.14. The van der Waals surface area contributed by atoms with Crippen molar-refractivity contribution >= 4 is 39.2 Å². The summed E-state index contributed by atoms with van der Waals surface area (Å²) in [6.45, 7) is 4.46. The molecule has 2 amide bonds. The first kappa shape index (κ1) is 21.5. The molecule has 4 rings (SSSR count). The van der Waals surface area contributed by atoms with E-state index in [2.05, 4.69) is 25.5 Å². The van der Waals surface area contributed by atoms with Crippen LogP contribution in [0, 0.1) is 0 Å². The average molecular weight is 440 g/mol. The van der Waals surface area contributed by atoms with Gasteiger partial charge in [-0.05, 0) is 37.6 Å². The Morgan fingerprint density at radius 1 is 1.19 bits per heavy atom. The molecule has 1 aliphatic heterocycles. The van der Waals surface area contributed by atoms with Crippen molar-refractivity contribution in [2.45, 2.75) is 51.6 Å². The van der Waals surface area contributed by atoms with Crippen LogP contribution in [0.2, 0.25) is 0 Å². The van der Waals surface area contributed by atoms with Crippen molar-refractivity contribution in [1.29, 1.82) is 0 Å². The summed E-state index contributed by atoms with van der Waals surface area (Å²) in [6.07, 6.45) is 7.38. The van der Waals surface area contributed by atoms with Gasteiger partial charge in [0.15, 0.2) is 5.13 Å². The Morgan fingerprint density at radius 3 is 2.74 bits per heavy atom. The molecule has 164 valence electrons. The fourth-order valence-electron chi connectivity index (χ4n) is 4.13. The van der Waals surface area contributed by atoms with Gasteiger partial charge in [-0.1, -0.05) is 31.0 Å². The molecule has 31 heavy (non-hydrogen) atoms. The number of rotatable bonds is 7. The highest BCUT2D eigenvalue weighted by Gasteiger charge is 2.23. The van der Waals surface area contributed by atoms with Crippen LogP contribution in [0.5, 0.6) is 0 Å². The molecule has 1 atom stereocenters. The number of carbonyl (C=O) groups is 2. The third-order valence-electron chi connectivity index (χ3n) is 5.66. The van der Waals surface area contributed by atoms with Crippen LogP contribution in [0.3, 0.4) is 0 Å². The maximum Gasteiger partial charge on any atom is 0.249 e. The Labute approximate surface area is 186 Å². The van der Waals surface area contributed by atoms with Gasteiger partial charge in [-0.25, -0.2) is 4.98 Å².